The summed E-state index contributed by atoms with van der Waals surface area (Å²) in [6.07, 6.45) is -1.49. The largest absolute Gasteiger partial charge is 0.513 e. The topological polar surface area (TPSA) is 212 Å². The zero-order chi connectivity index (χ0) is 44.0. The number of ketones is 1. The molecule has 0 aliphatic carbocycles. The molecule has 0 saturated carbocycles. The van der Waals surface area contributed by atoms with Crippen molar-refractivity contribution in [3.8, 4) is 23.0 Å². The first-order valence-electron chi connectivity index (χ1n) is 19.2. The van der Waals surface area contributed by atoms with Crippen LogP contribution in [0, 0.1) is 5.92 Å². The maximum atomic E-state index is 13.2. The normalized spacial score (nSPS) is 17.4. The first-order valence-corrected chi connectivity index (χ1v) is 19.2. The van der Waals surface area contributed by atoms with E-state index in [0.717, 1.165) is 6.08 Å². The summed E-state index contributed by atoms with van der Waals surface area (Å²) in [6.45, 7) is 3.82. The van der Waals surface area contributed by atoms with E-state index in [1.54, 1.807) is 12.1 Å². The standard InChI is InChI=1S/C45H40O17/c1-3-38(47)54-22-4-5-23-55-45(52)61-35-20-12-29(13-21-35)42(49)59-33-16-8-30(9-17-33)43(50)62-37-26-57-39-31(25-56-40(37)39)24-36(46)27-6-14-32(15-7-27)58-41(48)28-10-18-34(19-11-28)60-44(51)53-2/h3,6-21,31,37,39-40H,1,4-5,22-26H2,2H3/t31-,37+,39?,40?/m1/s1. The Kier molecular flexibility index (Phi) is 15.1. The van der Waals surface area contributed by atoms with Gasteiger partial charge < -0.3 is 47.4 Å². The van der Waals surface area contributed by atoms with Crippen molar-refractivity contribution in [3.05, 3.63) is 132 Å². The maximum Gasteiger partial charge on any atom is 0.513 e. The molecule has 2 heterocycles. The van der Waals surface area contributed by atoms with Crippen molar-refractivity contribution in [3.63, 3.8) is 0 Å². The number of carbonyl (C=O) groups excluding carboxylic acids is 7. The maximum absolute atomic E-state index is 13.2. The van der Waals surface area contributed by atoms with Gasteiger partial charge in [-0.15, -0.1) is 0 Å². The molecule has 322 valence electrons. The molecule has 17 nitrogen and oxygen atoms in total. The summed E-state index contributed by atoms with van der Waals surface area (Å²) in [5, 5.41) is 0. The number of hydrogen-bond acceptors (Lipinski definition) is 17. The molecule has 4 aromatic rings. The van der Waals surface area contributed by atoms with E-state index in [9.17, 15) is 33.6 Å². The van der Waals surface area contributed by atoms with Crippen molar-refractivity contribution in [2.75, 3.05) is 33.5 Å². The number of ether oxygens (including phenoxy) is 10. The van der Waals surface area contributed by atoms with Crippen LogP contribution in [0.2, 0.25) is 0 Å². The molecule has 62 heavy (non-hydrogen) atoms. The summed E-state index contributed by atoms with van der Waals surface area (Å²) in [6, 6.07) is 23.2. The summed E-state index contributed by atoms with van der Waals surface area (Å²) < 4.78 is 52.7. The minimum absolute atomic E-state index is 0.0583. The molecule has 0 amide bonds. The molecular weight excluding hydrogens is 812 g/mol. The highest BCUT2D eigenvalue weighted by molar-refractivity contribution is 5.97. The van der Waals surface area contributed by atoms with E-state index in [2.05, 4.69) is 11.3 Å². The van der Waals surface area contributed by atoms with Crippen LogP contribution in [0.4, 0.5) is 9.59 Å². The number of Topliss-reactive ketones (excluding diaryl/α,β-unsaturated/α-hetero) is 1. The van der Waals surface area contributed by atoms with Gasteiger partial charge in [0, 0.05) is 24.0 Å². The highest BCUT2D eigenvalue weighted by atomic mass is 16.7. The molecule has 0 bridgehead atoms. The Bertz CT molecular complexity index is 2250. The molecule has 2 aliphatic heterocycles. The predicted molar refractivity (Wildman–Crippen MR) is 212 cm³/mol. The third-order valence-corrected chi connectivity index (χ3v) is 9.42. The number of hydrogen-bond donors (Lipinski definition) is 0. The second kappa shape index (κ2) is 21.2. The lowest BCUT2D eigenvalue weighted by molar-refractivity contribution is -0.137. The van der Waals surface area contributed by atoms with Crippen LogP contribution in [0.15, 0.2) is 110 Å². The van der Waals surface area contributed by atoms with Gasteiger partial charge in [-0.1, -0.05) is 6.58 Å². The molecular formula is C45H40O17. The first kappa shape index (κ1) is 44.2. The Balaban J connectivity index is 0.906. The first-order chi connectivity index (χ1) is 30.0. The lowest BCUT2D eigenvalue weighted by Gasteiger charge is -2.17. The van der Waals surface area contributed by atoms with Crippen LogP contribution >= 0.6 is 0 Å². The van der Waals surface area contributed by atoms with Crippen molar-refractivity contribution >= 4 is 42.0 Å². The monoisotopic (exact) mass is 852 g/mol. The van der Waals surface area contributed by atoms with E-state index in [-0.39, 0.29) is 84.2 Å². The fraction of sp³-hybridized carbons (Fsp3) is 0.267. The van der Waals surface area contributed by atoms with Crippen LogP contribution in [0.5, 0.6) is 23.0 Å². The van der Waals surface area contributed by atoms with Gasteiger partial charge in [-0.3, -0.25) is 4.79 Å². The van der Waals surface area contributed by atoms with Gasteiger partial charge in [0.25, 0.3) is 0 Å². The zero-order valence-corrected chi connectivity index (χ0v) is 33.2. The van der Waals surface area contributed by atoms with Gasteiger partial charge in [-0.05, 0) is 110 Å². The smallest absolute Gasteiger partial charge is 0.463 e. The minimum atomic E-state index is -0.934. The Labute approximate surface area is 354 Å². The van der Waals surface area contributed by atoms with Crippen LogP contribution in [-0.4, -0.2) is 93.8 Å². The highest BCUT2D eigenvalue weighted by Gasteiger charge is 2.49. The van der Waals surface area contributed by atoms with Gasteiger partial charge in [0.15, 0.2) is 11.9 Å². The number of esters is 4. The van der Waals surface area contributed by atoms with E-state index in [0.29, 0.717) is 18.4 Å². The molecule has 4 atom stereocenters. The van der Waals surface area contributed by atoms with Crippen LogP contribution < -0.4 is 18.9 Å². The molecule has 0 aromatic heterocycles. The van der Waals surface area contributed by atoms with Gasteiger partial charge in [0.1, 0.15) is 29.1 Å². The van der Waals surface area contributed by atoms with Crippen molar-refractivity contribution in [1.82, 2.24) is 0 Å². The van der Waals surface area contributed by atoms with E-state index in [1.807, 2.05) is 0 Å². The second-order valence-electron chi connectivity index (χ2n) is 13.6. The molecule has 17 heteroatoms. The number of rotatable bonds is 17. The third kappa shape index (κ3) is 12.1. The number of unbranched alkanes of at least 4 members (excludes halogenated alkanes) is 1. The molecule has 2 aliphatic rings. The lowest BCUT2D eigenvalue weighted by atomic mass is 9.93. The summed E-state index contributed by atoms with van der Waals surface area (Å²) in [5.74, 6) is -2.27. The molecule has 2 unspecified atom stereocenters. The Morgan fingerprint density at radius 2 is 1.02 bits per heavy atom. The van der Waals surface area contributed by atoms with Crippen molar-refractivity contribution in [2.24, 2.45) is 5.92 Å². The summed E-state index contributed by atoms with van der Waals surface area (Å²) >= 11 is 0. The number of benzene rings is 4. The van der Waals surface area contributed by atoms with E-state index < -0.39 is 54.5 Å². The summed E-state index contributed by atoms with van der Waals surface area (Å²) in [4.78, 5) is 85.8. The van der Waals surface area contributed by atoms with Crippen LogP contribution in [0.1, 0.15) is 60.7 Å². The van der Waals surface area contributed by atoms with Crippen LogP contribution in [0.3, 0.4) is 0 Å². The average Bonchev–Trinajstić information content (AvgIpc) is 3.88. The molecule has 6 rings (SSSR count). The second-order valence-corrected chi connectivity index (χ2v) is 13.6. The molecule has 0 radical (unpaired) electrons. The Morgan fingerprint density at radius 3 is 1.53 bits per heavy atom. The fourth-order valence-electron chi connectivity index (χ4n) is 6.25. The van der Waals surface area contributed by atoms with Crippen molar-refractivity contribution in [1.29, 1.82) is 0 Å². The predicted octanol–water partition coefficient (Wildman–Crippen LogP) is 6.51. The molecule has 0 N–H and O–H groups in total. The van der Waals surface area contributed by atoms with Crippen molar-refractivity contribution in [2.45, 2.75) is 37.6 Å². The zero-order valence-electron chi connectivity index (χ0n) is 33.2. The quantitative estimate of drug-likeness (QED) is 0.0211. The fourth-order valence-corrected chi connectivity index (χ4v) is 6.25. The number of fused-ring (bicyclic) bond motifs is 1. The summed E-state index contributed by atoms with van der Waals surface area (Å²) in [5.41, 5.74) is 0.970. The van der Waals surface area contributed by atoms with Gasteiger partial charge in [-0.2, -0.15) is 0 Å². The Hall–Kier alpha value is -7.37. The molecule has 0 spiro atoms. The number of carbonyl (C=O) groups is 7. The molecule has 2 fully saturated rings. The van der Waals surface area contributed by atoms with Crippen LogP contribution in [-0.2, 0) is 33.2 Å². The van der Waals surface area contributed by atoms with Crippen LogP contribution in [0.25, 0.3) is 0 Å². The van der Waals surface area contributed by atoms with E-state index >= 15 is 0 Å². The lowest BCUT2D eigenvalue weighted by Crippen LogP contribution is -2.33. The van der Waals surface area contributed by atoms with E-state index in [4.69, 9.17) is 42.6 Å². The van der Waals surface area contributed by atoms with Gasteiger partial charge in [-0.25, -0.2) is 28.8 Å². The average molecular weight is 853 g/mol. The van der Waals surface area contributed by atoms with Gasteiger partial charge in [0.05, 0.1) is 56.3 Å². The van der Waals surface area contributed by atoms with Crippen molar-refractivity contribution < 1.29 is 80.9 Å². The highest BCUT2D eigenvalue weighted by Crippen LogP contribution is 2.35. The van der Waals surface area contributed by atoms with E-state index in [1.165, 1.54) is 92.0 Å². The minimum Gasteiger partial charge on any atom is -0.463 e. The SMILES string of the molecule is C=CC(=O)OCCCCOC(=O)Oc1ccc(C(=O)Oc2ccc(C(=O)O[C@H]3COC4C3OC[C@H]4CC(=O)c3ccc(OC(=O)c4ccc(OC(=O)OC)cc4)cc3)cc2)cc1. The third-order valence-electron chi connectivity index (χ3n) is 9.42. The molecule has 4 aromatic carbocycles. The summed E-state index contributed by atoms with van der Waals surface area (Å²) in [7, 11) is 1.18. The Morgan fingerprint density at radius 1 is 0.565 bits per heavy atom. The van der Waals surface area contributed by atoms with Gasteiger partial charge in [0.2, 0.25) is 0 Å². The van der Waals surface area contributed by atoms with Gasteiger partial charge >= 0.3 is 36.2 Å². The molecule has 2 saturated heterocycles. The number of methoxy groups -OCH3 is 1.